The second-order valence-corrected chi connectivity index (χ2v) is 16.0. The monoisotopic (exact) mass is 778 g/mol. The molecule has 0 fully saturated rings. The van der Waals surface area contributed by atoms with Crippen LogP contribution < -0.4 is 0 Å². The summed E-state index contributed by atoms with van der Waals surface area (Å²) in [6, 6.07) is 66.6. The van der Waals surface area contributed by atoms with Crippen molar-refractivity contribution in [3.63, 3.8) is 0 Å². The second kappa shape index (κ2) is 13.8. The summed E-state index contributed by atoms with van der Waals surface area (Å²) in [6.07, 6.45) is 5.86. The van der Waals surface area contributed by atoms with Gasteiger partial charge in [0.05, 0.1) is 0 Å². The van der Waals surface area contributed by atoms with Gasteiger partial charge in [-0.2, -0.15) is 0 Å². The molecule has 0 aliphatic carbocycles. The van der Waals surface area contributed by atoms with Crippen molar-refractivity contribution in [2.45, 2.75) is 6.92 Å². The molecule has 2 aromatic heterocycles. The minimum absolute atomic E-state index is 0.877. The number of fused-ring (bicyclic) bond motifs is 8. The van der Waals surface area contributed by atoms with E-state index in [2.05, 4.69) is 183 Å². The molecule has 0 aliphatic heterocycles. The van der Waals surface area contributed by atoms with Gasteiger partial charge in [-0.15, -0.1) is 0 Å². The number of aryl methyl sites for hydroxylation is 1. The Morgan fingerprint density at radius 1 is 0.377 bits per heavy atom. The molecule has 0 saturated carbocycles. The highest BCUT2D eigenvalue weighted by Crippen LogP contribution is 2.49. The van der Waals surface area contributed by atoms with E-state index in [4.69, 9.17) is 8.83 Å². The predicted molar refractivity (Wildman–Crippen MR) is 259 cm³/mol. The first-order valence-corrected chi connectivity index (χ1v) is 20.9. The van der Waals surface area contributed by atoms with Crippen LogP contribution in [0.2, 0.25) is 0 Å². The number of hydrogen-bond acceptors (Lipinski definition) is 2. The highest BCUT2D eigenvalue weighted by molar-refractivity contribution is 6.26. The van der Waals surface area contributed by atoms with Gasteiger partial charge in [-0.3, -0.25) is 0 Å². The fourth-order valence-electron chi connectivity index (χ4n) is 9.75. The Kier molecular flexibility index (Phi) is 7.95. The van der Waals surface area contributed by atoms with Crippen LogP contribution in [-0.4, -0.2) is 0 Å². The van der Waals surface area contributed by atoms with E-state index in [1.165, 1.54) is 65.3 Å². The van der Waals surface area contributed by atoms with Crippen molar-refractivity contribution in [3.8, 4) is 44.5 Å². The summed E-state index contributed by atoms with van der Waals surface area (Å²) in [5.74, 6) is 0.894. The lowest BCUT2D eigenvalue weighted by atomic mass is 9.82. The van der Waals surface area contributed by atoms with Gasteiger partial charge in [0, 0.05) is 21.7 Å². The molecule has 0 aliphatic rings. The van der Waals surface area contributed by atoms with Crippen LogP contribution in [0.15, 0.2) is 210 Å². The zero-order chi connectivity index (χ0) is 40.6. The predicted octanol–water partition coefficient (Wildman–Crippen LogP) is 17.1. The molecule has 61 heavy (non-hydrogen) atoms. The molecule has 0 N–H and O–H groups in total. The van der Waals surface area contributed by atoms with Crippen LogP contribution in [0.3, 0.4) is 0 Å². The van der Waals surface area contributed by atoms with Crippen LogP contribution in [0.25, 0.3) is 127 Å². The minimum atomic E-state index is 0.877. The van der Waals surface area contributed by atoms with Crippen molar-refractivity contribution in [1.29, 1.82) is 0 Å². The van der Waals surface area contributed by atoms with Gasteiger partial charge < -0.3 is 8.83 Å². The molecule has 0 amide bonds. The zero-order valence-corrected chi connectivity index (χ0v) is 33.6. The molecule has 0 spiro atoms. The first-order chi connectivity index (χ1) is 30.1. The Balaban J connectivity index is 1.20. The molecule has 2 nitrogen and oxygen atoms in total. The van der Waals surface area contributed by atoms with Gasteiger partial charge >= 0.3 is 0 Å². The quantitative estimate of drug-likeness (QED) is 0.124. The topological polar surface area (TPSA) is 26.3 Å². The number of benzene rings is 10. The van der Waals surface area contributed by atoms with Gasteiger partial charge in [0.1, 0.15) is 22.5 Å². The SMILES string of the molecule is C=C/C=C\c1c(C)oc2ccc(-c3ccc4c(-c5cccc6ccccc56)c5cc(-c6ccc7oc8ccccc8c7c6)ccc5c(-c5cccc6ccccc56)c4c3)cc12. The van der Waals surface area contributed by atoms with E-state index in [9.17, 15) is 0 Å². The maximum Gasteiger partial charge on any atom is 0.135 e. The maximum absolute atomic E-state index is 6.25. The van der Waals surface area contributed by atoms with E-state index < -0.39 is 0 Å². The number of hydrogen-bond donors (Lipinski definition) is 0. The van der Waals surface area contributed by atoms with E-state index in [0.29, 0.717) is 0 Å². The summed E-state index contributed by atoms with van der Waals surface area (Å²) in [5, 5.41) is 13.1. The summed E-state index contributed by atoms with van der Waals surface area (Å²) >= 11 is 0. The van der Waals surface area contributed by atoms with E-state index in [0.717, 1.165) is 66.5 Å². The third-order valence-corrected chi connectivity index (χ3v) is 12.6. The van der Waals surface area contributed by atoms with Crippen LogP contribution in [0.5, 0.6) is 0 Å². The first-order valence-electron chi connectivity index (χ1n) is 20.9. The Labute approximate surface area is 352 Å². The molecule has 0 bridgehead atoms. The van der Waals surface area contributed by atoms with E-state index in [1.807, 2.05) is 25.1 Å². The van der Waals surface area contributed by atoms with E-state index >= 15 is 0 Å². The lowest BCUT2D eigenvalue weighted by molar-refractivity contribution is 0.577. The van der Waals surface area contributed by atoms with E-state index in [-0.39, 0.29) is 0 Å². The third-order valence-electron chi connectivity index (χ3n) is 12.6. The number of para-hydroxylation sites is 1. The number of rotatable bonds is 6. The molecular weight excluding hydrogens is 741 g/mol. The van der Waals surface area contributed by atoms with Gasteiger partial charge in [-0.25, -0.2) is 0 Å². The van der Waals surface area contributed by atoms with Crippen molar-refractivity contribution < 1.29 is 8.83 Å². The van der Waals surface area contributed by atoms with Crippen LogP contribution >= 0.6 is 0 Å². The fraction of sp³-hybridized carbons (Fsp3) is 0.0169. The average molecular weight is 779 g/mol. The Hall–Kier alpha value is -7.94. The molecule has 0 atom stereocenters. The number of allylic oxidation sites excluding steroid dienone is 2. The van der Waals surface area contributed by atoms with Crippen LogP contribution in [0.4, 0.5) is 0 Å². The summed E-state index contributed by atoms with van der Waals surface area (Å²) in [4.78, 5) is 0. The smallest absolute Gasteiger partial charge is 0.135 e. The molecule has 12 aromatic rings. The zero-order valence-electron chi connectivity index (χ0n) is 33.6. The average Bonchev–Trinajstić information content (AvgIpc) is 3.84. The largest absolute Gasteiger partial charge is 0.461 e. The lowest BCUT2D eigenvalue weighted by Gasteiger charge is -2.21. The Morgan fingerprint density at radius 2 is 0.836 bits per heavy atom. The van der Waals surface area contributed by atoms with Gasteiger partial charge in [0.15, 0.2) is 0 Å². The molecule has 0 saturated heterocycles. The fourth-order valence-corrected chi connectivity index (χ4v) is 9.75. The Morgan fingerprint density at radius 3 is 1.43 bits per heavy atom. The maximum atomic E-state index is 6.25. The first kappa shape index (κ1) is 35.0. The summed E-state index contributed by atoms with van der Waals surface area (Å²) < 4.78 is 12.5. The standard InChI is InChI=1S/C59H38O2/c1-3-4-17-43-36(2)60-56-30-26-41(32-51(43)56)39-24-28-49-53(34-39)58(47-21-11-15-37-13-5-7-18-44(37)47)50-29-25-40(42-27-31-57-52(33-42)46-20-9-10-23-55(46)61-57)35-54(50)59(49)48-22-12-16-38-14-6-8-19-45(38)48/h3-35H,1H2,2H3/b17-4-. The van der Waals surface area contributed by atoms with Gasteiger partial charge in [0.2, 0.25) is 0 Å². The molecule has 2 heteroatoms. The lowest BCUT2D eigenvalue weighted by Crippen LogP contribution is -1.94. The van der Waals surface area contributed by atoms with Crippen LogP contribution in [0.1, 0.15) is 11.3 Å². The van der Waals surface area contributed by atoms with Gasteiger partial charge in [-0.1, -0.05) is 164 Å². The Bertz CT molecular complexity index is 3790. The van der Waals surface area contributed by atoms with Gasteiger partial charge in [-0.05, 0) is 137 Å². The normalized spacial score (nSPS) is 12.0. The molecule has 10 aromatic carbocycles. The second-order valence-electron chi connectivity index (χ2n) is 16.0. The van der Waals surface area contributed by atoms with Crippen LogP contribution in [0, 0.1) is 6.92 Å². The van der Waals surface area contributed by atoms with Crippen molar-refractivity contribution in [2.75, 3.05) is 0 Å². The molecule has 286 valence electrons. The van der Waals surface area contributed by atoms with Gasteiger partial charge in [0.25, 0.3) is 0 Å². The van der Waals surface area contributed by atoms with Crippen molar-refractivity contribution >= 4 is 82.1 Å². The highest BCUT2D eigenvalue weighted by Gasteiger charge is 2.22. The molecule has 0 unspecified atom stereocenters. The summed E-state index contributed by atoms with van der Waals surface area (Å²) in [5.41, 5.74) is 13.2. The van der Waals surface area contributed by atoms with Crippen molar-refractivity contribution in [2.24, 2.45) is 0 Å². The molecule has 2 heterocycles. The third kappa shape index (κ3) is 5.57. The van der Waals surface area contributed by atoms with E-state index in [1.54, 1.807) is 6.08 Å². The molecule has 12 rings (SSSR count). The number of furan rings is 2. The summed E-state index contributed by atoms with van der Waals surface area (Å²) in [7, 11) is 0. The summed E-state index contributed by atoms with van der Waals surface area (Å²) in [6.45, 7) is 5.93. The molecular formula is C59H38O2. The highest BCUT2D eigenvalue weighted by atomic mass is 16.3. The molecule has 0 radical (unpaired) electrons. The minimum Gasteiger partial charge on any atom is -0.461 e. The van der Waals surface area contributed by atoms with Crippen LogP contribution in [-0.2, 0) is 0 Å². The van der Waals surface area contributed by atoms with Crippen molar-refractivity contribution in [3.05, 3.63) is 212 Å². The van der Waals surface area contributed by atoms with Crippen molar-refractivity contribution in [1.82, 2.24) is 0 Å².